The molecule has 0 aliphatic heterocycles. The van der Waals surface area contributed by atoms with Crippen LogP contribution in [0.3, 0.4) is 0 Å². The fraction of sp³-hybridized carbons (Fsp3) is 0.364. The first kappa shape index (κ1) is 11.3. The lowest BCUT2D eigenvalue weighted by Crippen LogP contribution is -1.92. The summed E-state index contributed by atoms with van der Waals surface area (Å²) in [7, 11) is 1.70. The van der Waals surface area contributed by atoms with E-state index in [1.54, 1.807) is 24.9 Å². The number of rotatable bonds is 5. The molecule has 0 saturated heterocycles. The average molecular weight is 238 g/mol. The monoisotopic (exact) mass is 238 g/mol. The zero-order valence-electron chi connectivity index (χ0n) is 9.10. The molecule has 0 unspecified atom stereocenters. The van der Waals surface area contributed by atoms with Gasteiger partial charge in [-0.2, -0.15) is 0 Å². The van der Waals surface area contributed by atoms with Gasteiger partial charge in [0.15, 0.2) is 5.58 Å². The smallest absolute Gasteiger partial charge is 0.205 e. The minimum atomic E-state index is 0.697. The summed E-state index contributed by atoms with van der Waals surface area (Å²) in [5.41, 5.74) is 7.97. The minimum Gasteiger partial charge on any atom is -0.440 e. The molecular weight excluding hydrogens is 224 g/mol. The van der Waals surface area contributed by atoms with Gasteiger partial charge in [-0.05, 0) is 12.1 Å². The van der Waals surface area contributed by atoms with Crippen molar-refractivity contribution in [1.29, 1.82) is 0 Å². The summed E-state index contributed by atoms with van der Waals surface area (Å²) in [5, 5.41) is 0. The Kier molecular flexibility index (Phi) is 3.69. The van der Waals surface area contributed by atoms with Crippen LogP contribution >= 0.6 is 11.8 Å². The molecular formula is C11H14N2O2S. The number of nitrogens with zero attached hydrogens (tertiary/aromatic N) is 1. The minimum absolute atomic E-state index is 0.697. The van der Waals surface area contributed by atoms with Crippen LogP contribution in [0.2, 0.25) is 0 Å². The van der Waals surface area contributed by atoms with Crippen molar-refractivity contribution in [2.75, 3.05) is 25.2 Å². The molecule has 0 amide bonds. The molecule has 1 heterocycles. The third-order valence-corrected chi connectivity index (χ3v) is 3.02. The molecule has 2 aromatic rings. The van der Waals surface area contributed by atoms with Crippen molar-refractivity contribution in [3.05, 3.63) is 24.1 Å². The standard InChI is InChI=1S/C11H14N2O2S/c1-14-4-5-16-7-11-13-9-3-2-8(12)6-10(9)15-11/h2-3,6H,4-5,7,12H2,1H3. The zero-order chi connectivity index (χ0) is 11.4. The van der Waals surface area contributed by atoms with E-state index in [1.165, 1.54) is 0 Å². The van der Waals surface area contributed by atoms with Gasteiger partial charge in [-0.1, -0.05) is 0 Å². The molecule has 5 heteroatoms. The number of benzene rings is 1. The van der Waals surface area contributed by atoms with E-state index in [4.69, 9.17) is 14.9 Å². The molecule has 0 radical (unpaired) electrons. The summed E-state index contributed by atoms with van der Waals surface area (Å²) in [4.78, 5) is 4.37. The normalized spacial score (nSPS) is 11.1. The number of thioether (sulfide) groups is 1. The summed E-state index contributed by atoms with van der Waals surface area (Å²) in [6.45, 7) is 0.748. The van der Waals surface area contributed by atoms with Gasteiger partial charge in [0.05, 0.1) is 12.4 Å². The second kappa shape index (κ2) is 5.23. The third kappa shape index (κ3) is 2.68. The summed E-state index contributed by atoms with van der Waals surface area (Å²) in [6, 6.07) is 5.50. The lowest BCUT2D eigenvalue weighted by molar-refractivity contribution is 0.218. The molecule has 1 aromatic carbocycles. The van der Waals surface area contributed by atoms with Crippen LogP contribution < -0.4 is 5.73 Å². The molecule has 0 bridgehead atoms. The summed E-state index contributed by atoms with van der Waals surface area (Å²) in [6.07, 6.45) is 0. The summed E-state index contributed by atoms with van der Waals surface area (Å²) >= 11 is 1.74. The van der Waals surface area contributed by atoms with Crippen molar-refractivity contribution in [2.24, 2.45) is 0 Å². The maximum atomic E-state index is 5.66. The number of ether oxygens (including phenoxy) is 1. The number of nitrogen functional groups attached to an aromatic ring is 1. The molecule has 16 heavy (non-hydrogen) atoms. The first-order valence-electron chi connectivity index (χ1n) is 5.01. The lowest BCUT2D eigenvalue weighted by atomic mass is 10.3. The molecule has 1 aromatic heterocycles. The van der Waals surface area contributed by atoms with E-state index in [0.29, 0.717) is 5.69 Å². The van der Waals surface area contributed by atoms with Crippen LogP contribution in [0.15, 0.2) is 22.6 Å². The highest BCUT2D eigenvalue weighted by Crippen LogP contribution is 2.20. The summed E-state index contributed by atoms with van der Waals surface area (Å²) in [5.74, 6) is 2.44. The fourth-order valence-electron chi connectivity index (χ4n) is 1.35. The lowest BCUT2D eigenvalue weighted by Gasteiger charge is -1.96. The van der Waals surface area contributed by atoms with Gasteiger partial charge in [0.1, 0.15) is 5.52 Å². The molecule has 0 aliphatic rings. The van der Waals surface area contributed by atoms with E-state index in [-0.39, 0.29) is 0 Å². The largest absolute Gasteiger partial charge is 0.440 e. The quantitative estimate of drug-likeness (QED) is 0.639. The Morgan fingerprint density at radius 1 is 1.50 bits per heavy atom. The maximum Gasteiger partial charge on any atom is 0.205 e. The van der Waals surface area contributed by atoms with E-state index in [9.17, 15) is 0 Å². The molecule has 4 nitrogen and oxygen atoms in total. The highest BCUT2D eigenvalue weighted by molar-refractivity contribution is 7.98. The first-order chi connectivity index (χ1) is 7.79. The number of aromatic nitrogens is 1. The van der Waals surface area contributed by atoms with Gasteiger partial charge in [-0.15, -0.1) is 11.8 Å². The molecule has 0 saturated carbocycles. The van der Waals surface area contributed by atoms with Crippen molar-refractivity contribution in [2.45, 2.75) is 5.75 Å². The topological polar surface area (TPSA) is 61.3 Å². The Morgan fingerprint density at radius 3 is 3.19 bits per heavy atom. The van der Waals surface area contributed by atoms with Crippen molar-refractivity contribution >= 4 is 28.5 Å². The molecule has 2 rings (SSSR count). The van der Waals surface area contributed by atoms with Crippen LogP contribution in [0.4, 0.5) is 5.69 Å². The number of hydrogen-bond donors (Lipinski definition) is 1. The Hall–Kier alpha value is -1.20. The molecule has 0 spiro atoms. The number of anilines is 1. The number of methoxy groups -OCH3 is 1. The molecule has 0 fully saturated rings. The van der Waals surface area contributed by atoms with Gasteiger partial charge >= 0.3 is 0 Å². The van der Waals surface area contributed by atoms with Crippen molar-refractivity contribution in [3.63, 3.8) is 0 Å². The predicted molar refractivity (Wildman–Crippen MR) is 66.5 cm³/mol. The second-order valence-corrected chi connectivity index (χ2v) is 4.49. The van der Waals surface area contributed by atoms with Crippen LogP contribution in [-0.2, 0) is 10.5 Å². The second-order valence-electron chi connectivity index (χ2n) is 3.38. The van der Waals surface area contributed by atoms with Gasteiger partial charge < -0.3 is 14.9 Å². The number of oxazole rings is 1. The summed E-state index contributed by atoms with van der Waals surface area (Å²) < 4.78 is 10.5. The van der Waals surface area contributed by atoms with E-state index in [1.807, 2.05) is 12.1 Å². The molecule has 86 valence electrons. The van der Waals surface area contributed by atoms with Gasteiger partial charge in [-0.25, -0.2) is 4.98 Å². The fourth-order valence-corrected chi connectivity index (χ4v) is 2.08. The average Bonchev–Trinajstić information content (AvgIpc) is 2.66. The highest BCUT2D eigenvalue weighted by atomic mass is 32.2. The number of fused-ring (bicyclic) bond motifs is 1. The Labute approximate surface area is 98.2 Å². The Bertz CT molecular complexity index is 470. The van der Waals surface area contributed by atoms with Gasteiger partial charge in [0.25, 0.3) is 0 Å². The van der Waals surface area contributed by atoms with Gasteiger partial charge in [-0.3, -0.25) is 0 Å². The van der Waals surface area contributed by atoms with Crippen LogP contribution in [0.1, 0.15) is 5.89 Å². The van der Waals surface area contributed by atoms with Crippen LogP contribution in [-0.4, -0.2) is 24.5 Å². The number of nitrogens with two attached hydrogens (primary N) is 1. The maximum absolute atomic E-state index is 5.66. The van der Waals surface area contributed by atoms with E-state index in [2.05, 4.69) is 4.98 Å². The van der Waals surface area contributed by atoms with Crippen molar-refractivity contribution in [3.8, 4) is 0 Å². The van der Waals surface area contributed by atoms with E-state index < -0.39 is 0 Å². The predicted octanol–water partition coefficient (Wildman–Crippen LogP) is 2.29. The van der Waals surface area contributed by atoms with Gasteiger partial charge in [0, 0.05) is 24.6 Å². The van der Waals surface area contributed by atoms with Gasteiger partial charge in [0.2, 0.25) is 5.89 Å². The third-order valence-electron chi connectivity index (χ3n) is 2.11. The molecule has 0 atom stereocenters. The Morgan fingerprint density at radius 2 is 2.38 bits per heavy atom. The van der Waals surface area contributed by atoms with Crippen molar-refractivity contribution in [1.82, 2.24) is 4.98 Å². The van der Waals surface area contributed by atoms with Crippen molar-refractivity contribution < 1.29 is 9.15 Å². The van der Waals surface area contributed by atoms with Crippen LogP contribution in [0, 0.1) is 0 Å². The Balaban J connectivity index is 2.02. The highest BCUT2D eigenvalue weighted by Gasteiger charge is 2.05. The van der Waals surface area contributed by atoms with E-state index in [0.717, 1.165) is 35.1 Å². The zero-order valence-corrected chi connectivity index (χ0v) is 9.92. The molecule has 0 aliphatic carbocycles. The number of hydrogen-bond acceptors (Lipinski definition) is 5. The van der Waals surface area contributed by atoms with Crippen LogP contribution in [0.5, 0.6) is 0 Å². The van der Waals surface area contributed by atoms with Crippen LogP contribution in [0.25, 0.3) is 11.1 Å². The SMILES string of the molecule is COCCSCc1nc2ccc(N)cc2o1. The van der Waals surface area contributed by atoms with E-state index >= 15 is 0 Å². The first-order valence-corrected chi connectivity index (χ1v) is 6.16. The molecule has 2 N–H and O–H groups in total.